The first-order valence-corrected chi connectivity index (χ1v) is 7.26. The van der Waals surface area contributed by atoms with E-state index in [9.17, 15) is 0 Å². The first kappa shape index (κ1) is 15.0. The molecule has 1 aliphatic carbocycles. The van der Waals surface area contributed by atoms with Crippen molar-refractivity contribution in [3.8, 4) is 0 Å². The summed E-state index contributed by atoms with van der Waals surface area (Å²) in [5, 5.41) is 3.54. The minimum absolute atomic E-state index is 0.525. The van der Waals surface area contributed by atoms with Gasteiger partial charge in [0, 0.05) is 13.7 Å². The Kier molecular flexibility index (Phi) is 5.46. The van der Waals surface area contributed by atoms with Crippen molar-refractivity contribution < 1.29 is 4.74 Å². The van der Waals surface area contributed by atoms with E-state index >= 15 is 0 Å². The van der Waals surface area contributed by atoms with Crippen molar-refractivity contribution in [1.29, 1.82) is 0 Å². The summed E-state index contributed by atoms with van der Waals surface area (Å²) in [6.07, 6.45) is 5.44. The SMILES string of the molecule is CCCCC1(CC)C(CNCCOC)C1(C)C. The lowest BCUT2D eigenvalue weighted by molar-refractivity contribution is 0.198. The van der Waals surface area contributed by atoms with Gasteiger partial charge in [-0.2, -0.15) is 0 Å². The van der Waals surface area contributed by atoms with Gasteiger partial charge in [-0.15, -0.1) is 0 Å². The van der Waals surface area contributed by atoms with Gasteiger partial charge in [0.25, 0.3) is 0 Å². The molecule has 0 spiro atoms. The van der Waals surface area contributed by atoms with Crippen LogP contribution in [0.25, 0.3) is 0 Å². The monoisotopic (exact) mass is 241 g/mol. The van der Waals surface area contributed by atoms with E-state index in [1.165, 1.54) is 25.7 Å². The second-order valence-electron chi connectivity index (χ2n) is 6.08. The predicted octanol–water partition coefficient (Wildman–Crippen LogP) is 3.47. The zero-order valence-electron chi connectivity index (χ0n) is 12.4. The van der Waals surface area contributed by atoms with Crippen LogP contribution in [0.1, 0.15) is 53.4 Å². The Labute approximate surface area is 108 Å². The second-order valence-corrected chi connectivity index (χ2v) is 6.08. The molecule has 2 unspecified atom stereocenters. The quantitative estimate of drug-likeness (QED) is 0.624. The molecule has 0 aromatic heterocycles. The van der Waals surface area contributed by atoms with Crippen LogP contribution in [0.15, 0.2) is 0 Å². The average Bonchev–Trinajstić information content (AvgIpc) is 2.78. The van der Waals surface area contributed by atoms with E-state index in [0.29, 0.717) is 10.8 Å². The predicted molar refractivity (Wildman–Crippen MR) is 74.3 cm³/mol. The van der Waals surface area contributed by atoms with Crippen LogP contribution < -0.4 is 5.32 Å². The van der Waals surface area contributed by atoms with Gasteiger partial charge in [0.05, 0.1) is 6.61 Å². The van der Waals surface area contributed by atoms with E-state index in [4.69, 9.17) is 4.74 Å². The Hall–Kier alpha value is -0.0800. The van der Waals surface area contributed by atoms with Crippen LogP contribution >= 0.6 is 0 Å². The number of hydrogen-bond acceptors (Lipinski definition) is 2. The van der Waals surface area contributed by atoms with Gasteiger partial charge in [0.15, 0.2) is 0 Å². The van der Waals surface area contributed by atoms with E-state index in [1.807, 2.05) is 0 Å². The van der Waals surface area contributed by atoms with Crippen LogP contribution in [0.5, 0.6) is 0 Å². The molecular weight excluding hydrogens is 210 g/mol. The zero-order chi connectivity index (χ0) is 12.9. The molecule has 0 saturated heterocycles. The maximum absolute atomic E-state index is 5.08. The Bertz CT molecular complexity index is 227. The molecule has 2 nitrogen and oxygen atoms in total. The van der Waals surface area contributed by atoms with Crippen molar-refractivity contribution in [1.82, 2.24) is 5.32 Å². The number of methoxy groups -OCH3 is 1. The van der Waals surface area contributed by atoms with E-state index in [-0.39, 0.29) is 0 Å². The van der Waals surface area contributed by atoms with Crippen molar-refractivity contribution in [3.05, 3.63) is 0 Å². The highest BCUT2D eigenvalue weighted by atomic mass is 16.5. The standard InChI is InChI=1S/C15H31NO/c1-6-8-9-15(7-2)13(14(15,3)4)12-16-10-11-17-5/h13,16H,6-12H2,1-5H3. The molecule has 2 atom stereocenters. The Morgan fingerprint density at radius 1 is 1.24 bits per heavy atom. The van der Waals surface area contributed by atoms with Crippen molar-refractivity contribution in [2.24, 2.45) is 16.7 Å². The fourth-order valence-corrected chi connectivity index (χ4v) is 3.80. The summed E-state index contributed by atoms with van der Waals surface area (Å²) >= 11 is 0. The summed E-state index contributed by atoms with van der Waals surface area (Å²) in [5.74, 6) is 0.850. The summed E-state index contributed by atoms with van der Waals surface area (Å²) in [4.78, 5) is 0. The first-order valence-electron chi connectivity index (χ1n) is 7.26. The normalized spacial score (nSPS) is 30.5. The molecule has 0 radical (unpaired) electrons. The molecule has 1 saturated carbocycles. The molecule has 1 rings (SSSR count). The van der Waals surface area contributed by atoms with Crippen LogP contribution in [0.2, 0.25) is 0 Å². The Balaban J connectivity index is 2.43. The average molecular weight is 241 g/mol. The minimum atomic E-state index is 0.525. The molecule has 1 fully saturated rings. The Morgan fingerprint density at radius 3 is 2.47 bits per heavy atom. The van der Waals surface area contributed by atoms with Crippen LogP contribution in [-0.2, 0) is 4.74 Å². The molecule has 0 aliphatic heterocycles. The topological polar surface area (TPSA) is 21.3 Å². The van der Waals surface area contributed by atoms with E-state index in [1.54, 1.807) is 7.11 Å². The van der Waals surface area contributed by atoms with E-state index < -0.39 is 0 Å². The summed E-state index contributed by atoms with van der Waals surface area (Å²) in [6.45, 7) is 12.5. The lowest BCUT2D eigenvalue weighted by Gasteiger charge is -2.18. The fraction of sp³-hybridized carbons (Fsp3) is 1.00. The van der Waals surface area contributed by atoms with Crippen LogP contribution in [0.3, 0.4) is 0 Å². The highest BCUT2D eigenvalue weighted by molar-refractivity contribution is 5.16. The van der Waals surface area contributed by atoms with Crippen molar-refractivity contribution in [3.63, 3.8) is 0 Å². The van der Waals surface area contributed by atoms with Gasteiger partial charge in [-0.3, -0.25) is 0 Å². The van der Waals surface area contributed by atoms with Gasteiger partial charge in [-0.1, -0.05) is 40.5 Å². The third-order valence-corrected chi connectivity index (χ3v) is 5.18. The molecule has 102 valence electrons. The molecule has 0 heterocycles. The van der Waals surface area contributed by atoms with Crippen LogP contribution in [-0.4, -0.2) is 26.8 Å². The lowest BCUT2D eigenvalue weighted by atomic mass is 9.87. The summed E-state index contributed by atoms with van der Waals surface area (Å²) in [7, 11) is 1.76. The van der Waals surface area contributed by atoms with Crippen molar-refractivity contribution in [2.45, 2.75) is 53.4 Å². The zero-order valence-corrected chi connectivity index (χ0v) is 12.4. The van der Waals surface area contributed by atoms with Gasteiger partial charge in [-0.05, 0) is 36.1 Å². The van der Waals surface area contributed by atoms with Crippen LogP contribution in [0, 0.1) is 16.7 Å². The number of nitrogens with one attached hydrogen (secondary N) is 1. The third-order valence-electron chi connectivity index (χ3n) is 5.18. The van der Waals surface area contributed by atoms with E-state index in [0.717, 1.165) is 25.6 Å². The molecule has 1 aliphatic rings. The number of rotatable bonds is 9. The van der Waals surface area contributed by atoms with Crippen molar-refractivity contribution >= 4 is 0 Å². The number of hydrogen-bond donors (Lipinski definition) is 1. The lowest BCUT2D eigenvalue weighted by Crippen LogP contribution is -2.23. The van der Waals surface area contributed by atoms with Gasteiger partial charge in [0.2, 0.25) is 0 Å². The highest BCUT2D eigenvalue weighted by Crippen LogP contribution is 2.72. The van der Waals surface area contributed by atoms with Gasteiger partial charge in [-0.25, -0.2) is 0 Å². The molecule has 1 N–H and O–H groups in total. The number of ether oxygens (including phenoxy) is 1. The Morgan fingerprint density at radius 2 is 1.94 bits per heavy atom. The summed E-state index contributed by atoms with van der Waals surface area (Å²) in [5.41, 5.74) is 1.13. The van der Waals surface area contributed by atoms with Gasteiger partial charge in [0.1, 0.15) is 0 Å². The molecule has 0 aromatic rings. The first-order chi connectivity index (χ1) is 8.06. The highest BCUT2D eigenvalue weighted by Gasteiger charge is 2.67. The molecule has 17 heavy (non-hydrogen) atoms. The van der Waals surface area contributed by atoms with Gasteiger partial charge < -0.3 is 10.1 Å². The summed E-state index contributed by atoms with van der Waals surface area (Å²) < 4.78 is 5.08. The molecular formula is C15H31NO. The molecule has 2 heteroatoms. The maximum atomic E-state index is 5.08. The second kappa shape index (κ2) is 6.19. The fourth-order valence-electron chi connectivity index (χ4n) is 3.80. The largest absolute Gasteiger partial charge is 0.383 e. The van der Waals surface area contributed by atoms with Gasteiger partial charge >= 0.3 is 0 Å². The van der Waals surface area contributed by atoms with E-state index in [2.05, 4.69) is 33.0 Å². The molecule has 0 aromatic carbocycles. The smallest absolute Gasteiger partial charge is 0.0587 e. The maximum Gasteiger partial charge on any atom is 0.0587 e. The van der Waals surface area contributed by atoms with Crippen molar-refractivity contribution in [2.75, 3.05) is 26.8 Å². The number of unbranched alkanes of at least 4 members (excludes halogenated alkanes) is 1. The third kappa shape index (κ3) is 2.85. The van der Waals surface area contributed by atoms with Crippen LogP contribution in [0.4, 0.5) is 0 Å². The summed E-state index contributed by atoms with van der Waals surface area (Å²) in [6, 6.07) is 0. The molecule has 0 amide bonds. The minimum Gasteiger partial charge on any atom is -0.383 e. The molecule has 0 bridgehead atoms.